The van der Waals surface area contributed by atoms with Crippen molar-refractivity contribution in [2.45, 2.75) is 32.4 Å². The van der Waals surface area contributed by atoms with Gasteiger partial charge in [-0.3, -0.25) is 0 Å². The average Bonchev–Trinajstić information content (AvgIpc) is 3.30. The smallest absolute Gasteiger partial charge is 0.169 e. The summed E-state index contributed by atoms with van der Waals surface area (Å²) in [5.74, 6) is 0.792. The third-order valence-electron chi connectivity index (χ3n) is 3.83. The highest BCUT2D eigenvalue weighted by Gasteiger charge is 2.33. The first-order chi connectivity index (χ1) is 9.72. The van der Waals surface area contributed by atoms with Gasteiger partial charge in [0.1, 0.15) is 0 Å². The first kappa shape index (κ1) is 15.3. The Kier molecular flexibility index (Phi) is 5.80. The maximum atomic E-state index is 5.57. The Balaban J connectivity index is 1.98. The quantitative estimate of drug-likeness (QED) is 0.617. The van der Waals surface area contributed by atoms with Crippen molar-refractivity contribution in [1.29, 1.82) is 0 Å². The Morgan fingerprint density at radius 2 is 2.10 bits per heavy atom. The lowest BCUT2D eigenvalue weighted by Gasteiger charge is -2.32. The van der Waals surface area contributed by atoms with Gasteiger partial charge in [-0.15, -0.1) is 0 Å². The van der Waals surface area contributed by atoms with E-state index in [-0.39, 0.29) is 0 Å². The summed E-state index contributed by atoms with van der Waals surface area (Å²) in [6.45, 7) is 4.59. The molecule has 1 fully saturated rings. The van der Waals surface area contributed by atoms with Crippen molar-refractivity contribution in [3.63, 3.8) is 0 Å². The Bertz CT molecular complexity index is 420. The minimum Gasteiger partial charge on any atom is -0.383 e. The van der Waals surface area contributed by atoms with Crippen LogP contribution in [0.15, 0.2) is 30.3 Å². The summed E-state index contributed by atoms with van der Waals surface area (Å²) in [7, 11) is 1.71. The molecule has 0 saturated heterocycles. The molecule has 0 aliphatic heterocycles. The second-order valence-electron chi connectivity index (χ2n) is 5.42. The summed E-state index contributed by atoms with van der Waals surface area (Å²) >= 11 is 5.57. The second kappa shape index (κ2) is 7.60. The fourth-order valence-corrected chi connectivity index (χ4v) is 2.71. The van der Waals surface area contributed by atoms with Crippen molar-refractivity contribution in [1.82, 2.24) is 10.2 Å². The molecule has 0 aromatic heterocycles. The van der Waals surface area contributed by atoms with Crippen molar-refractivity contribution >= 4 is 17.3 Å². The van der Waals surface area contributed by atoms with E-state index >= 15 is 0 Å². The number of rotatable bonds is 7. The molecule has 1 aromatic carbocycles. The van der Waals surface area contributed by atoms with Crippen LogP contribution >= 0.6 is 12.2 Å². The molecule has 0 spiro atoms. The van der Waals surface area contributed by atoms with Crippen LogP contribution in [0.3, 0.4) is 0 Å². The van der Waals surface area contributed by atoms with Gasteiger partial charge >= 0.3 is 0 Å². The van der Waals surface area contributed by atoms with Gasteiger partial charge in [-0.2, -0.15) is 0 Å². The van der Waals surface area contributed by atoms with Crippen LogP contribution in [0.2, 0.25) is 0 Å². The SMILES string of the molecule is COCCNC(=S)N(Cc1ccccc1)C(C)C1CC1. The van der Waals surface area contributed by atoms with Crippen molar-refractivity contribution in [3.05, 3.63) is 35.9 Å². The number of hydrogen-bond donors (Lipinski definition) is 1. The maximum absolute atomic E-state index is 5.57. The molecule has 2 rings (SSSR count). The van der Waals surface area contributed by atoms with Gasteiger partial charge in [0.2, 0.25) is 0 Å². The number of thiocarbonyl (C=S) groups is 1. The normalized spacial score (nSPS) is 15.7. The fourth-order valence-electron chi connectivity index (χ4n) is 2.38. The number of ether oxygens (including phenoxy) is 1. The molecule has 1 N–H and O–H groups in total. The average molecular weight is 292 g/mol. The zero-order chi connectivity index (χ0) is 14.4. The van der Waals surface area contributed by atoms with Crippen molar-refractivity contribution < 1.29 is 4.74 Å². The topological polar surface area (TPSA) is 24.5 Å². The molecule has 1 aliphatic carbocycles. The van der Waals surface area contributed by atoms with E-state index in [0.717, 1.165) is 24.1 Å². The highest BCUT2D eigenvalue weighted by Crippen LogP contribution is 2.35. The molecule has 20 heavy (non-hydrogen) atoms. The third-order valence-corrected chi connectivity index (χ3v) is 4.21. The molecule has 0 radical (unpaired) electrons. The Labute approximate surface area is 127 Å². The standard InChI is InChI=1S/C16H24N2OS/c1-13(15-8-9-15)18(16(20)17-10-11-19-2)12-14-6-4-3-5-7-14/h3-7,13,15H,8-12H2,1-2H3,(H,17,20). The molecule has 4 heteroatoms. The van der Waals surface area contributed by atoms with Gasteiger partial charge < -0.3 is 15.0 Å². The van der Waals surface area contributed by atoms with Gasteiger partial charge in [0, 0.05) is 26.2 Å². The number of methoxy groups -OCH3 is 1. The van der Waals surface area contributed by atoms with Crippen LogP contribution in [-0.2, 0) is 11.3 Å². The van der Waals surface area contributed by atoms with E-state index in [1.54, 1.807) is 7.11 Å². The maximum Gasteiger partial charge on any atom is 0.169 e. The van der Waals surface area contributed by atoms with E-state index in [9.17, 15) is 0 Å². The summed E-state index contributed by atoms with van der Waals surface area (Å²) in [6, 6.07) is 11.0. The van der Waals surface area contributed by atoms with Gasteiger partial charge in [0.05, 0.1) is 6.61 Å². The Morgan fingerprint density at radius 3 is 2.70 bits per heavy atom. The Hall–Kier alpha value is -1.13. The van der Waals surface area contributed by atoms with Gasteiger partial charge in [-0.05, 0) is 43.5 Å². The van der Waals surface area contributed by atoms with Crippen LogP contribution < -0.4 is 5.32 Å². The molecule has 1 unspecified atom stereocenters. The van der Waals surface area contributed by atoms with E-state index in [1.807, 2.05) is 6.07 Å². The molecule has 1 aromatic rings. The van der Waals surface area contributed by atoms with E-state index in [2.05, 4.69) is 41.4 Å². The molecule has 3 nitrogen and oxygen atoms in total. The zero-order valence-electron chi connectivity index (χ0n) is 12.3. The van der Waals surface area contributed by atoms with Crippen LogP contribution in [0.25, 0.3) is 0 Å². The van der Waals surface area contributed by atoms with E-state index < -0.39 is 0 Å². The highest BCUT2D eigenvalue weighted by molar-refractivity contribution is 7.80. The fraction of sp³-hybridized carbons (Fsp3) is 0.562. The van der Waals surface area contributed by atoms with Gasteiger partial charge in [0.15, 0.2) is 5.11 Å². The van der Waals surface area contributed by atoms with Gasteiger partial charge in [-0.25, -0.2) is 0 Å². The van der Waals surface area contributed by atoms with E-state index in [1.165, 1.54) is 18.4 Å². The van der Waals surface area contributed by atoms with Crippen molar-refractivity contribution in [2.24, 2.45) is 5.92 Å². The second-order valence-corrected chi connectivity index (χ2v) is 5.80. The Morgan fingerprint density at radius 1 is 1.40 bits per heavy atom. The molecular formula is C16H24N2OS. The summed E-state index contributed by atoms with van der Waals surface area (Å²) in [4.78, 5) is 2.32. The van der Waals surface area contributed by atoms with Gasteiger partial charge in [0.25, 0.3) is 0 Å². The van der Waals surface area contributed by atoms with Crippen LogP contribution in [0.4, 0.5) is 0 Å². The van der Waals surface area contributed by atoms with Crippen LogP contribution in [0.5, 0.6) is 0 Å². The first-order valence-electron chi connectivity index (χ1n) is 7.29. The summed E-state index contributed by atoms with van der Waals surface area (Å²) in [5, 5.41) is 4.14. The largest absolute Gasteiger partial charge is 0.383 e. The van der Waals surface area contributed by atoms with E-state index in [0.29, 0.717) is 12.6 Å². The lowest BCUT2D eigenvalue weighted by atomic mass is 10.1. The molecule has 110 valence electrons. The summed E-state index contributed by atoms with van der Waals surface area (Å²) in [6.07, 6.45) is 2.65. The minimum absolute atomic E-state index is 0.498. The monoisotopic (exact) mass is 292 g/mol. The van der Waals surface area contributed by atoms with Crippen LogP contribution in [0.1, 0.15) is 25.3 Å². The molecular weight excluding hydrogens is 268 g/mol. The summed E-state index contributed by atoms with van der Waals surface area (Å²) < 4.78 is 5.07. The van der Waals surface area contributed by atoms with Crippen LogP contribution in [-0.4, -0.2) is 36.3 Å². The number of hydrogen-bond acceptors (Lipinski definition) is 2. The molecule has 0 amide bonds. The predicted octanol–water partition coefficient (Wildman–Crippen LogP) is 2.81. The molecule has 1 atom stereocenters. The highest BCUT2D eigenvalue weighted by atomic mass is 32.1. The first-order valence-corrected chi connectivity index (χ1v) is 7.70. The van der Waals surface area contributed by atoms with Crippen LogP contribution in [0, 0.1) is 5.92 Å². The van der Waals surface area contributed by atoms with Gasteiger partial charge in [-0.1, -0.05) is 30.3 Å². The van der Waals surface area contributed by atoms with Crippen molar-refractivity contribution in [3.8, 4) is 0 Å². The molecule has 0 bridgehead atoms. The van der Waals surface area contributed by atoms with E-state index in [4.69, 9.17) is 17.0 Å². The molecule has 1 aliphatic rings. The summed E-state index contributed by atoms with van der Waals surface area (Å²) in [5.41, 5.74) is 1.30. The molecule has 1 saturated carbocycles. The van der Waals surface area contributed by atoms with Crippen molar-refractivity contribution in [2.75, 3.05) is 20.3 Å². The predicted molar refractivity (Wildman–Crippen MR) is 86.6 cm³/mol. The number of benzene rings is 1. The minimum atomic E-state index is 0.498. The lowest BCUT2D eigenvalue weighted by Crippen LogP contribution is -2.46. The molecule has 0 heterocycles. The third kappa shape index (κ3) is 4.46. The number of nitrogens with zero attached hydrogens (tertiary/aromatic N) is 1. The lowest BCUT2D eigenvalue weighted by molar-refractivity contribution is 0.201. The number of nitrogens with one attached hydrogen (secondary N) is 1. The zero-order valence-corrected chi connectivity index (χ0v) is 13.2.